The highest BCUT2D eigenvalue weighted by Crippen LogP contribution is 2.57. The smallest absolute Gasteiger partial charge is 0.339 e. The first-order valence-electron chi connectivity index (χ1n) is 8.20. The zero-order valence-corrected chi connectivity index (χ0v) is 13.8. The van der Waals surface area contributed by atoms with Gasteiger partial charge in [-0.05, 0) is 55.9 Å². The van der Waals surface area contributed by atoms with Gasteiger partial charge in [-0.25, -0.2) is 9.78 Å². The molecular formula is C17H21ClN2O3. The zero-order valence-electron chi connectivity index (χ0n) is 13.1. The van der Waals surface area contributed by atoms with Gasteiger partial charge in [0, 0.05) is 19.3 Å². The minimum Gasteiger partial charge on any atom is -0.478 e. The minimum absolute atomic E-state index is 0.0558. The van der Waals surface area contributed by atoms with Crippen molar-refractivity contribution in [1.82, 2.24) is 4.98 Å². The largest absolute Gasteiger partial charge is 0.478 e. The molecule has 4 aliphatic carbocycles. The van der Waals surface area contributed by atoms with Crippen molar-refractivity contribution in [3.8, 4) is 0 Å². The van der Waals surface area contributed by atoms with Crippen LogP contribution in [0, 0.1) is 17.8 Å². The van der Waals surface area contributed by atoms with Crippen LogP contribution in [0.15, 0.2) is 12.3 Å². The molecular weight excluding hydrogens is 316 g/mol. The van der Waals surface area contributed by atoms with Gasteiger partial charge in [-0.3, -0.25) is 0 Å². The number of rotatable bonds is 4. The van der Waals surface area contributed by atoms with Gasteiger partial charge >= 0.3 is 5.97 Å². The second-order valence-corrected chi connectivity index (χ2v) is 7.77. The third kappa shape index (κ3) is 2.50. The van der Waals surface area contributed by atoms with Crippen molar-refractivity contribution >= 4 is 23.3 Å². The Kier molecular flexibility index (Phi) is 3.54. The maximum atomic E-state index is 11.4. The van der Waals surface area contributed by atoms with Crippen molar-refractivity contribution in [2.24, 2.45) is 17.8 Å². The number of hydrogen-bond donors (Lipinski definition) is 2. The number of carboxylic acid groups (broad SMARTS) is 1. The Hall–Kier alpha value is -1.33. The van der Waals surface area contributed by atoms with Gasteiger partial charge in [0.25, 0.3) is 0 Å². The molecule has 1 aromatic rings. The van der Waals surface area contributed by atoms with Gasteiger partial charge in [-0.2, -0.15) is 0 Å². The predicted molar refractivity (Wildman–Crippen MR) is 86.9 cm³/mol. The Morgan fingerprint density at radius 1 is 1.39 bits per heavy atom. The minimum atomic E-state index is -0.978. The number of nitrogens with one attached hydrogen (secondary N) is 1. The monoisotopic (exact) mass is 336 g/mol. The molecule has 0 amide bonds. The van der Waals surface area contributed by atoms with Crippen molar-refractivity contribution in [1.29, 1.82) is 0 Å². The first-order valence-corrected chi connectivity index (χ1v) is 8.58. The Bertz CT molecular complexity index is 635. The van der Waals surface area contributed by atoms with Crippen molar-refractivity contribution < 1.29 is 14.6 Å². The first-order chi connectivity index (χ1) is 11.0. The lowest BCUT2D eigenvalue weighted by atomic mass is 9.52. The Balaban J connectivity index is 1.61. The number of hydrogen-bond acceptors (Lipinski definition) is 4. The molecule has 6 heteroatoms. The predicted octanol–water partition coefficient (Wildman–Crippen LogP) is 3.44. The Morgan fingerprint density at radius 2 is 2.09 bits per heavy atom. The van der Waals surface area contributed by atoms with Gasteiger partial charge in [0.1, 0.15) is 10.7 Å². The van der Waals surface area contributed by atoms with Crippen LogP contribution in [0.1, 0.15) is 42.5 Å². The maximum Gasteiger partial charge on any atom is 0.339 e. The summed E-state index contributed by atoms with van der Waals surface area (Å²) in [5, 5.41) is 13.2. The number of carbonyl (C=O) groups is 1. The number of methoxy groups -OCH3 is 1. The molecule has 5 atom stereocenters. The second-order valence-electron chi connectivity index (χ2n) is 7.38. The van der Waals surface area contributed by atoms with Crippen LogP contribution >= 0.6 is 11.6 Å². The van der Waals surface area contributed by atoms with E-state index in [0.717, 1.165) is 18.8 Å². The molecule has 1 aromatic heterocycles. The molecule has 4 bridgehead atoms. The van der Waals surface area contributed by atoms with Crippen molar-refractivity contribution in [2.75, 3.05) is 12.4 Å². The number of halogens is 1. The molecule has 124 valence electrons. The average Bonchev–Trinajstić information content (AvgIpc) is 2.50. The standard InChI is InChI=1S/C17H21ClN2O3/c1-23-17-5-9-2-10(6-17)15(11(3-9)7-17)20-13-4-14(18)19-8-12(13)16(21)22/h4,8-11,15H,2-3,5-7H2,1H3,(H,19,20)(H,21,22)/t9?,10-,11+,15?,17?. The number of anilines is 1. The van der Waals surface area contributed by atoms with Gasteiger partial charge < -0.3 is 15.2 Å². The van der Waals surface area contributed by atoms with Gasteiger partial charge in [0.15, 0.2) is 0 Å². The fourth-order valence-electron chi connectivity index (χ4n) is 5.33. The van der Waals surface area contributed by atoms with Crippen molar-refractivity contribution in [3.05, 3.63) is 23.0 Å². The molecule has 0 spiro atoms. The summed E-state index contributed by atoms with van der Waals surface area (Å²) < 4.78 is 5.88. The fourth-order valence-corrected chi connectivity index (χ4v) is 5.49. The van der Waals surface area contributed by atoms with Gasteiger partial charge in [0.2, 0.25) is 0 Å². The van der Waals surface area contributed by atoms with E-state index in [-0.39, 0.29) is 11.2 Å². The van der Waals surface area contributed by atoms with Gasteiger partial charge in [-0.15, -0.1) is 0 Å². The number of aromatic carboxylic acids is 1. The molecule has 1 heterocycles. The molecule has 0 aromatic carbocycles. The summed E-state index contributed by atoms with van der Waals surface area (Å²) in [6, 6.07) is 1.92. The zero-order chi connectivity index (χ0) is 16.2. The number of nitrogens with zero attached hydrogens (tertiary/aromatic N) is 1. The Labute approximate surface area is 140 Å². The Morgan fingerprint density at radius 3 is 2.70 bits per heavy atom. The highest BCUT2D eigenvalue weighted by Gasteiger charge is 2.55. The van der Waals surface area contributed by atoms with Crippen LogP contribution in [0.3, 0.4) is 0 Å². The van der Waals surface area contributed by atoms with Gasteiger partial charge in [-0.1, -0.05) is 11.6 Å². The van der Waals surface area contributed by atoms with E-state index >= 15 is 0 Å². The summed E-state index contributed by atoms with van der Waals surface area (Å²) in [7, 11) is 1.83. The van der Waals surface area contributed by atoms with Crippen LogP contribution in [-0.4, -0.2) is 34.8 Å². The lowest BCUT2D eigenvalue weighted by molar-refractivity contribution is -0.149. The van der Waals surface area contributed by atoms with E-state index in [4.69, 9.17) is 16.3 Å². The molecule has 2 N–H and O–H groups in total. The average molecular weight is 337 g/mol. The number of pyridine rings is 1. The molecule has 5 nitrogen and oxygen atoms in total. The summed E-state index contributed by atoms with van der Waals surface area (Å²) in [5.41, 5.74) is 0.825. The van der Waals surface area contributed by atoms with E-state index in [1.54, 1.807) is 6.07 Å². The van der Waals surface area contributed by atoms with Crippen LogP contribution in [0.2, 0.25) is 5.15 Å². The van der Waals surface area contributed by atoms with E-state index in [1.165, 1.54) is 25.5 Å². The third-order valence-electron chi connectivity index (χ3n) is 6.07. The molecule has 4 fully saturated rings. The molecule has 23 heavy (non-hydrogen) atoms. The van der Waals surface area contributed by atoms with Crippen LogP contribution in [-0.2, 0) is 4.74 Å². The third-order valence-corrected chi connectivity index (χ3v) is 6.28. The van der Waals surface area contributed by atoms with Crippen molar-refractivity contribution in [3.63, 3.8) is 0 Å². The molecule has 0 saturated heterocycles. The first kappa shape index (κ1) is 15.2. The number of ether oxygens (including phenoxy) is 1. The fraction of sp³-hybridized carbons (Fsp3) is 0.647. The quantitative estimate of drug-likeness (QED) is 0.824. The molecule has 0 aliphatic heterocycles. The molecule has 5 rings (SSSR count). The van der Waals surface area contributed by atoms with Crippen LogP contribution in [0.25, 0.3) is 0 Å². The van der Waals surface area contributed by atoms with Crippen LogP contribution in [0.5, 0.6) is 0 Å². The van der Waals surface area contributed by atoms with E-state index in [1.807, 2.05) is 7.11 Å². The van der Waals surface area contributed by atoms with Crippen LogP contribution in [0.4, 0.5) is 5.69 Å². The summed E-state index contributed by atoms with van der Waals surface area (Å²) in [6.07, 6.45) is 7.07. The summed E-state index contributed by atoms with van der Waals surface area (Å²) in [6.45, 7) is 0. The van der Waals surface area contributed by atoms with E-state index < -0.39 is 5.97 Å². The molecule has 3 unspecified atom stereocenters. The number of carboxylic acids is 1. The lowest BCUT2D eigenvalue weighted by Gasteiger charge is -2.59. The highest BCUT2D eigenvalue weighted by molar-refractivity contribution is 6.29. The highest BCUT2D eigenvalue weighted by atomic mass is 35.5. The summed E-state index contributed by atoms with van der Waals surface area (Å²) >= 11 is 5.97. The van der Waals surface area contributed by atoms with Crippen molar-refractivity contribution in [2.45, 2.75) is 43.7 Å². The van der Waals surface area contributed by atoms with Gasteiger partial charge in [0.05, 0.1) is 11.3 Å². The lowest BCUT2D eigenvalue weighted by Crippen LogP contribution is -2.59. The molecule has 4 aliphatic rings. The van der Waals surface area contributed by atoms with Crippen LogP contribution < -0.4 is 5.32 Å². The summed E-state index contributed by atoms with van der Waals surface area (Å²) in [4.78, 5) is 15.3. The normalized spacial score (nSPS) is 37.8. The van der Waals surface area contributed by atoms with E-state index in [0.29, 0.717) is 28.7 Å². The maximum absolute atomic E-state index is 11.4. The molecule has 4 saturated carbocycles. The van der Waals surface area contributed by atoms with E-state index in [9.17, 15) is 9.90 Å². The number of aromatic nitrogens is 1. The van der Waals surface area contributed by atoms with E-state index in [2.05, 4.69) is 10.3 Å². The second kappa shape index (κ2) is 5.35. The summed E-state index contributed by atoms with van der Waals surface area (Å²) in [5.74, 6) is 0.851. The SMILES string of the molecule is COC12CC3C[C@H](C1)C(Nc1cc(Cl)ncc1C(=O)O)[C@@H](C3)C2. The topological polar surface area (TPSA) is 71.5 Å². The molecule has 0 radical (unpaired) electrons.